The summed E-state index contributed by atoms with van der Waals surface area (Å²) in [5, 5.41) is 8.01. The minimum absolute atomic E-state index is 0.190. The van der Waals surface area contributed by atoms with Crippen LogP contribution in [0.4, 0.5) is 5.69 Å². The van der Waals surface area contributed by atoms with Crippen molar-refractivity contribution in [3.8, 4) is 0 Å². The number of aryl methyl sites for hydroxylation is 1. The second kappa shape index (κ2) is 4.03. The van der Waals surface area contributed by atoms with Crippen LogP contribution in [0.2, 0.25) is 0 Å². The number of rotatable bonds is 2. The molecule has 0 unspecified atom stereocenters. The summed E-state index contributed by atoms with van der Waals surface area (Å²) < 4.78 is 6.64. The van der Waals surface area contributed by atoms with Crippen LogP contribution in [-0.4, -0.2) is 15.7 Å². The summed E-state index contributed by atoms with van der Waals surface area (Å²) in [4.78, 5) is 11.8. The number of carbonyl (C=O) groups excluding carboxylic acids is 1. The minimum atomic E-state index is -0.190. The lowest BCUT2D eigenvalue weighted by Crippen LogP contribution is -2.10. The van der Waals surface area contributed by atoms with E-state index in [2.05, 4.69) is 10.4 Å². The lowest BCUT2D eigenvalue weighted by atomic mass is 10.2. The topological polar surface area (TPSA) is 60.1 Å². The molecule has 2 heterocycles. The molecule has 3 rings (SSSR count). The summed E-state index contributed by atoms with van der Waals surface area (Å²) >= 11 is 0. The average Bonchev–Trinajstić information content (AvgIpc) is 3.00. The van der Waals surface area contributed by atoms with Gasteiger partial charge in [-0.05, 0) is 24.3 Å². The highest BCUT2D eigenvalue weighted by Crippen LogP contribution is 2.18. The molecule has 5 heteroatoms. The molecule has 0 aliphatic carbocycles. The van der Waals surface area contributed by atoms with E-state index in [0.29, 0.717) is 5.56 Å². The molecule has 1 amide bonds. The van der Waals surface area contributed by atoms with Crippen LogP contribution in [0.5, 0.6) is 0 Å². The van der Waals surface area contributed by atoms with Crippen molar-refractivity contribution in [1.29, 1.82) is 0 Å². The van der Waals surface area contributed by atoms with E-state index < -0.39 is 0 Å². The molecule has 1 N–H and O–H groups in total. The summed E-state index contributed by atoms with van der Waals surface area (Å²) in [6.07, 6.45) is 4.67. The zero-order valence-corrected chi connectivity index (χ0v) is 9.75. The molecule has 2 aromatic heterocycles. The predicted molar refractivity (Wildman–Crippen MR) is 67.4 cm³/mol. The fraction of sp³-hybridized carbons (Fsp3) is 0.0769. The maximum absolute atomic E-state index is 11.8. The van der Waals surface area contributed by atoms with Crippen LogP contribution in [0.1, 0.15) is 10.4 Å². The number of carbonyl (C=O) groups is 1. The number of nitrogens with zero attached hydrogens (tertiary/aromatic N) is 2. The fourth-order valence-electron chi connectivity index (χ4n) is 1.82. The maximum Gasteiger partial charge on any atom is 0.258 e. The third-order valence-electron chi connectivity index (χ3n) is 2.79. The Labute approximate surface area is 103 Å². The van der Waals surface area contributed by atoms with Gasteiger partial charge >= 0.3 is 0 Å². The molecule has 18 heavy (non-hydrogen) atoms. The molecule has 0 aliphatic heterocycles. The Bertz CT molecular complexity index is 698. The zero-order valence-electron chi connectivity index (χ0n) is 9.75. The Kier molecular flexibility index (Phi) is 2.37. The van der Waals surface area contributed by atoms with Crippen molar-refractivity contribution in [2.24, 2.45) is 7.05 Å². The van der Waals surface area contributed by atoms with Gasteiger partial charge in [-0.3, -0.25) is 9.48 Å². The molecule has 0 saturated carbocycles. The van der Waals surface area contributed by atoms with Crippen LogP contribution >= 0.6 is 0 Å². The molecule has 3 aromatic rings. The molecule has 0 aliphatic rings. The smallest absolute Gasteiger partial charge is 0.258 e. The lowest BCUT2D eigenvalue weighted by Gasteiger charge is -2.04. The first-order chi connectivity index (χ1) is 8.74. The number of fused-ring (bicyclic) bond motifs is 1. The third-order valence-corrected chi connectivity index (χ3v) is 2.79. The molecule has 0 spiro atoms. The van der Waals surface area contributed by atoms with Gasteiger partial charge in [-0.1, -0.05) is 0 Å². The standard InChI is InChI=1S/C13H11N3O2/c1-16-12-6-11(3-2-9(12)7-14-16)15-13(17)10-4-5-18-8-10/h2-8H,1H3,(H,15,17). The van der Waals surface area contributed by atoms with Gasteiger partial charge in [-0.15, -0.1) is 0 Å². The summed E-state index contributed by atoms with van der Waals surface area (Å²) in [6.45, 7) is 0. The Morgan fingerprint density at radius 3 is 3.06 bits per heavy atom. The largest absolute Gasteiger partial charge is 0.472 e. The van der Waals surface area contributed by atoms with Crippen molar-refractivity contribution in [3.63, 3.8) is 0 Å². The van der Waals surface area contributed by atoms with Crippen molar-refractivity contribution >= 4 is 22.5 Å². The lowest BCUT2D eigenvalue weighted by molar-refractivity contribution is 0.102. The van der Waals surface area contributed by atoms with Gasteiger partial charge in [0.25, 0.3) is 5.91 Å². The fourth-order valence-corrected chi connectivity index (χ4v) is 1.82. The van der Waals surface area contributed by atoms with Gasteiger partial charge < -0.3 is 9.73 Å². The van der Waals surface area contributed by atoms with E-state index in [0.717, 1.165) is 16.6 Å². The van der Waals surface area contributed by atoms with E-state index in [-0.39, 0.29) is 5.91 Å². The van der Waals surface area contributed by atoms with E-state index in [1.165, 1.54) is 12.5 Å². The monoisotopic (exact) mass is 241 g/mol. The molecule has 1 aromatic carbocycles. The van der Waals surface area contributed by atoms with Crippen LogP contribution in [0.15, 0.2) is 47.4 Å². The molecule has 90 valence electrons. The Morgan fingerprint density at radius 2 is 2.28 bits per heavy atom. The molecule has 0 atom stereocenters. The van der Waals surface area contributed by atoms with Gasteiger partial charge in [0, 0.05) is 18.1 Å². The molecular formula is C13H11N3O2. The van der Waals surface area contributed by atoms with E-state index in [1.54, 1.807) is 16.9 Å². The van der Waals surface area contributed by atoms with Gasteiger partial charge in [0.2, 0.25) is 0 Å². The van der Waals surface area contributed by atoms with Crippen molar-refractivity contribution < 1.29 is 9.21 Å². The van der Waals surface area contributed by atoms with Crippen molar-refractivity contribution in [2.45, 2.75) is 0 Å². The molecular weight excluding hydrogens is 230 g/mol. The van der Waals surface area contributed by atoms with E-state index in [4.69, 9.17) is 4.42 Å². The first-order valence-electron chi connectivity index (χ1n) is 5.49. The number of anilines is 1. The Balaban J connectivity index is 1.91. The molecule has 5 nitrogen and oxygen atoms in total. The highest BCUT2D eigenvalue weighted by Gasteiger charge is 2.08. The second-order valence-electron chi connectivity index (χ2n) is 4.01. The zero-order chi connectivity index (χ0) is 12.5. The van der Waals surface area contributed by atoms with Crippen molar-refractivity contribution in [2.75, 3.05) is 5.32 Å². The normalized spacial score (nSPS) is 10.7. The highest BCUT2D eigenvalue weighted by atomic mass is 16.3. The quantitative estimate of drug-likeness (QED) is 0.749. The van der Waals surface area contributed by atoms with Gasteiger partial charge in [-0.2, -0.15) is 5.10 Å². The second-order valence-corrected chi connectivity index (χ2v) is 4.01. The van der Waals surface area contributed by atoms with Crippen LogP contribution in [0.3, 0.4) is 0 Å². The van der Waals surface area contributed by atoms with Crippen LogP contribution in [0, 0.1) is 0 Å². The minimum Gasteiger partial charge on any atom is -0.472 e. The van der Waals surface area contributed by atoms with E-state index in [9.17, 15) is 4.79 Å². The number of hydrogen-bond donors (Lipinski definition) is 1. The van der Waals surface area contributed by atoms with E-state index >= 15 is 0 Å². The highest BCUT2D eigenvalue weighted by molar-refractivity contribution is 6.04. The summed E-state index contributed by atoms with van der Waals surface area (Å²) in [5.74, 6) is -0.190. The summed E-state index contributed by atoms with van der Waals surface area (Å²) in [5.41, 5.74) is 2.21. The Morgan fingerprint density at radius 1 is 1.39 bits per heavy atom. The number of nitrogens with one attached hydrogen (secondary N) is 1. The SMILES string of the molecule is Cn1ncc2ccc(NC(=O)c3ccoc3)cc21. The number of benzene rings is 1. The van der Waals surface area contributed by atoms with Gasteiger partial charge in [0.1, 0.15) is 6.26 Å². The van der Waals surface area contributed by atoms with Crippen LogP contribution < -0.4 is 5.32 Å². The number of hydrogen-bond acceptors (Lipinski definition) is 3. The predicted octanol–water partition coefficient (Wildman–Crippen LogP) is 2.42. The van der Waals surface area contributed by atoms with Crippen molar-refractivity contribution in [1.82, 2.24) is 9.78 Å². The number of furan rings is 1. The third kappa shape index (κ3) is 1.75. The average molecular weight is 241 g/mol. The summed E-state index contributed by atoms with van der Waals surface area (Å²) in [6, 6.07) is 7.29. The van der Waals surface area contributed by atoms with E-state index in [1.807, 2.05) is 25.2 Å². The van der Waals surface area contributed by atoms with Crippen molar-refractivity contribution in [3.05, 3.63) is 48.6 Å². The van der Waals surface area contributed by atoms with Crippen LogP contribution in [-0.2, 0) is 7.05 Å². The number of aromatic nitrogens is 2. The van der Waals surface area contributed by atoms with Crippen LogP contribution in [0.25, 0.3) is 10.9 Å². The first-order valence-corrected chi connectivity index (χ1v) is 5.49. The maximum atomic E-state index is 11.8. The molecule has 0 bridgehead atoms. The number of amides is 1. The molecule has 0 radical (unpaired) electrons. The van der Waals surface area contributed by atoms with Gasteiger partial charge in [0.15, 0.2) is 0 Å². The Hall–Kier alpha value is -2.56. The summed E-state index contributed by atoms with van der Waals surface area (Å²) in [7, 11) is 1.87. The first kappa shape index (κ1) is 10.6. The molecule has 0 saturated heterocycles. The van der Waals surface area contributed by atoms with Gasteiger partial charge in [-0.25, -0.2) is 0 Å². The molecule has 0 fully saturated rings. The van der Waals surface area contributed by atoms with Gasteiger partial charge in [0.05, 0.1) is 23.5 Å².